The molecule has 3 aliphatic heterocycles. The number of carbonyl (C=O) groups is 2. The Morgan fingerprint density at radius 1 is 0.906 bits per heavy atom. The minimum atomic E-state index is -0.0477. The molecular weight excluding hydrogens is 408 g/mol. The Balaban J connectivity index is 1.42. The molecule has 1 aromatic carbocycles. The molecule has 0 radical (unpaired) electrons. The maximum Gasteiger partial charge on any atom is 0.254 e. The highest BCUT2D eigenvalue weighted by Crippen LogP contribution is 2.28. The molecule has 1 atom stereocenters. The number of amides is 2. The van der Waals surface area contributed by atoms with Crippen LogP contribution in [0, 0.1) is 5.92 Å². The number of fused-ring (bicyclic) bond motifs is 1. The Hall–Kier alpha value is -2.71. The third kappa shape index (κ3) is 4.29. The van der Waals surface area contributed by atoms with Gasteiger partial charge in [0.2, 0.25) is 5.91 Å². The van der Waals surface area contributed by atoms with Gasteiger partial charge in [-0.15, -0.1) is 0 Å². The number of benzene rings is 1. The second-order valence-corrected chi connectivity index (χ2v) is 8.67. The van der Waals surface area contributed by atoms with Gasteiger partial charge in [0.1, 0.15) is 5.82 Å². The van der Waals surface area contributed by atoms with Gasteiger partial charge in [-0.25, -0.2) is 4.98 Å². The van der Waals surface area contributed by atoms with Crippen LogP contribution in [0.5, 0.6) is 0 Å². The van der Waals surface area contributed by atoms with E-state index in [1.165, 1.54) is 0 Å². The summed E-state index contributed by atoms with van der Waals surface area (Å²) in [5.74, 6) is 0.961. The minimum Gasteiger partial charge on any atom is -0.378 e. The van der Waals surface area contributed by atoms with Crippen molar-refractivity contribution in [3.05, 3.63) is 35.9 Å². The second-order valence-electron chi connectivity index (χ2n) is 8.67. The first-order valence-electron chi connectivity index (χ1n) is 11.6. The van der Waals surface area contributed by atoms with Crippen molar-refractivity contribution in [1.29, 1.82) is 0 Å². The summed E-state index contributed by atoms with van der Waals surface area (Å²) >= 11 is 0. The summed E-state index contributed by atoms with van der Waals surface area (Å²) in [5, 5.41) is 0.866. The van der Waals surface area contributed by atoms with Crippen molar-refractivity contribution in [2.45, 2.75) is 12.8 Å². The molecule has 0 saturated carbocycles. The molecule has 0 aliphatic carbocycles. The van der Waals surface area contributed by atoms with E-state index in [1.54, 1.807) is 0 Å². The Kier molecular flexibility index (Phi) is 6.23. The molecule has 1 aromatic heterocycles. The van der Waals surface area contributed by atoms with Crippen LogP contribution in [0.1, 0.15) is 23.2 Å². The quantitative estimate of drug-likeness (QED) is 0.727. The van der Waals surface area contributed by atoms with E-state index in [0.717, 1.165) is 36.1 Å². The molecule has 1 unspecified atom stereocenters. The molecule has 5 rings (SSSR count). The highest BCUT2D eigenvalue weighted by molar-refractivity contribution is 6.07. The summed E-state index contributed by atoms with van der Waals surface area (Å²) in [5.41, 5.74) is 1.48. The number of aromatic nitrogens is 1. The largest absolute Gasteiger partial charge is 0.378 e. The number of piperidine rings is 1. The highest BCUT2D eigenvalue weighted by atomic mass is 16.5. The standard InChI is InChI=1S/C24H30N4O4/c29-23(26-8-12-31-13-9-26)18-4-3-7-28(17-18)22-16-20(19-5-1-2-6-21(19)25-22)24(30)27-10-14-32-15-11-27/h1-2,5-6,16,18H,3-4,7-15,17H2. The topological polar surface area (TPSA) is 75.2 Å². The molecule has 2 amide bonds. The van der Waals surface area contributed by atoms with Crippen LogP contribution in [-0.4, -0.2) is 92.3 Å². The van der Waals surface area contributed by atoms with E-state index in [0.29, 0.717) is 64.7 Å². The summed E-state index contributed by atoms with van der Waals surface area (Å²) < 4.78 is 10.8. The smallest absolute Gasteiger partial charge is 0.254 e. The van der Waals surface area contributed by atoms with E-state index < -0.39 is 0 Å². The maximum absolute atomic E-state index is 13.4. The molecule has 3 saturated heterocycles. The lowest BCUT2D eigenvalue weighted by Crippen LogP contribution is -2.48. The molecule has 0 N–H and O–H groups in total. The molecule has 2 aromatic rings. The van der Waals surface area contributed by atoms with E-state index >= 15 is 0 Å². The van der Waals surface area contributed by atoms with Crippen LogP contribution in [0.4, 0.5) is 5.82 Å². The fourth-order valence-electron chi connectivity index (χ4n) is 4.87. The highest BCUT2D eigenvalue weighted by Gasteiger charge is 2.31. The van der Waals surface area contributed by atoms with Gasteiger partial charge in [0, 0.05) is 44.7 Å². The second kappa shape index (κ2) is 9.42. The van der Waals surface area contributed by atoms with Crippen molar-refractivity contribution in [1.82, 2.24) is 14.8 Å². The predicted molar refractivity (Wildman–Crippen MR) is 121 cm³/mol. The molecule has 170 valence electrons. The van der Waals surface area contributed by atoms with Crippen molar-refractivity contribution in [3.8, 4) is 0 Å². The van der Waals surface area contributed by atoms with Crippen molar-refractivity contribution in [3.63, 3.8) is 0 Å². The number of ether oxygens (including phenoxy) is 2. The first-order chi connectivity index (χ1) is 15.7. The number of morpholine rings is 2. The van der Waals surface area contributed by atoms with E-state index in [4.69, 9.17) is 14.5 Å². The lowest BCUT2D eigenvalue weighted by atomic mass is 9.96. The average Bonchev–Trinajstić information content (AvgIpc) is 2.88. The zero-order valence-electron chi connectivity index (χ0n) is 18.4. The maximum atomic E-state index is 13.4. The third-order valence-corrected chi connectivity index (χ3v) is 6.65. The number of anilines is 1. The lowest BCUT2D eigenvalue weighted by molar-refractivity contribution is -0.139. The summed E-state index contributed by atoms with van der Waals surface area (Å²) in [6, 6.07) is 9.72. The number of hydrogen-bond acceptors (Lipinski definition) is 6. The van der Waals surface area contributed by atoms with Gasteiger partial charge >= 0.3 is 0 Å². The van der Waals surface area contributed by atoms with Crippen molar-refractivity contribution in [2.75, 3.05) is 70.6 Å². The number of carbonyl (C=O) groups excluding carboxylic acids is 2. The molecule has 3 fully saturated rings. The Morgan fingerprint density at radius 3 is 2.34 bits per heavy atom. The predicted octanol–water partition coefficient (Wildman–Crippen LogP) is 1.78. The van der Waals surface area contributed by atoms with Crippen LogP contribution in [-0.2, 0) is 14.3 Å². The van der Waals surface area contributed by atoms with Gasteiger partial charge in [-0.2, -0.15) is 0 Å². The summed E-state index contributed by atoms with van der Waals surface area (Å²) in [6.07, 6.45) is 1.82. The monoisotopic (exact) mass is 438 g/mol. The zero-order chi connectivity index (χ0) is 21.9. The first kappa shape index (κ1) is 21.2. The van der Waals surface area contributed by atoms with Crippen LogP contribution in [0.15, 0.2) is 30.3 Å². The number of para-hydroxylation sites is 1. The summed E-state index contributed by atoms with van der Waals surface area (Å²) in [4.78, 5) is 37.3. The molecule has 0 bridgehead atoms. The van der Waals surface area contributed by atoms with Crippen molar-refractivity contribution in [2.24, 2.45) is 5.92 Å². The van der Waals surface area contributed by atoms with E-state index in [-0.39, 0.29) is 17.7 Å². The third-order valence-electron chi connectivity index (χ3n) is 6.65. The van der Waals surface area contributed by atoms with Crippen LogP contribution in [0.3, 0.4) is 0 Å². The number of pyridine rings is 1. The fraction of sp³-hybridized carbons (Fsp3) is 0.542. The van der Waals surface area contributed by atoms with Gasteiger partial charge in [0.15, 0.2) is 0 Å². The van der Waals surface area contributed by atoms with Crippen LogP contribution in [0.2, 0.25) is 0 Å². The van der Waals surface area contributed by atoms with Gasteiger partial charge in [0.25, 0.3) is 5.91 Å². The van der Waals surface area contributed by atoms with Crippen LogP contribution in [0.25, 0.3) is 10.9 Å². The molecule has 4 heterocycles. The van der Waals surface area contributed by atoms with Gasteiger partial charge in [-0.1, -0.05) is 18.2 Å². The normalized spacial score (nSPS) is 22.2. The zero-order valence-corrected chi connectivity index (χ0v) is 18.4. The summed E-state index contributed by atoms with van der Waals surface area (Å²) in [7, 11) is 0. The molecular formula is C24H30N4O4. The van der Waals surface area contributed by atoms with E-state index in [1.807, 2.05) is 40.1 Å². The average molecular weight is 439 g/mol. The fourth-order valence-corrected chi connectivity index (χ4v) is 4.87. The molecule has 0 spiro atoms. The van der Waals surface area contributed by atoms with Crippen LogP contribution < -0.4 is 4.90 Å². The van der Waals surface area contributed by atoms with Crippen LogP contribution >= 0.6 is 0 Å². The first-order valence-corrected chi connectivity index (χ1v) is 11.6. The van der Waals surface area contributed by atoms with Gasteiger partial charge in [-0.3, -0.25) is 9.59 Å². The Bertz CT molecular complexity index is 985. The van der Waals surface area contributed by atoms with Gasteiger partial charge in [-0.05, 0) is 25.0 Å². The molecule has 8 nitrogen and oxygen atoms in total. The minimum absolute atomic E-state index is 0.0195. The molecule has 8 heteroatoms. The van der Waals surface area contributed by atoms with E-state index in [9.17, 15) is 9.59 Å². The number of rotatable bonds is 3. The van der Waals surface area contributed by atoms with Crippen molar-refractivity contribution < 1.29 is 19.1 Å². The Morgan fingerprint density at radius 2 is 1.59 bits per heavy atom. The van der Waals surface area contributed by atoms with Gasteiger partial charge < -0.3 is 24.2 Å². The van der Waals surface area contributed by atoms with E-state index in [2.05, 4.69) is 4.90 Å². The molecule has 32 heavy (non-hydrogen) atoms. The van der Waals surface area contributed by atoms with Gasteiger partial charge in [0.05, 0.1) is 43.4 Å². The Labute approximate surface area is 188 Å². The lowest BCUT2D eigenvalue weighted by Gasteiger charge is -2.37. The number of nitrogens with zero attached hydrogens (tertiary/aromatic N) is 4. The SMILES string of the molecule is O=C(c1cc(N2CCCC(C(=O)N3CCOCC3)C2)nc2ccccc12)N1CCOCC1. The van der Waals surface area contributed by atoms with Crippen molar-refractivity contribution >= 4 is 28.5 Å². The molecule has 3 aliphatic rings. The summed E-state index contributed by atoms with van der Waals surface area (Å²) in [6.45, 7) is 6.37. The number of hydrogen-bond donors (Lipinski definition) is 0.